The van der Waals surface area contributed by atoms with Gasteiger partial charge in [0.05, 0.1) is 0 Å². The number of nitrogens with zero attached hydrogens (tertiary/aromatic N) is 3. The van der Waals surface area contributed by atoms with Crippen LogP contribution in [-0.4, -0.2) is 15.0 Å². The van der Waals surface area contributed by atoms with Crippen LogP contribution in [-0.2, 0) is 6.54 Å². The monoisotopic (exact) mass is 290 g/mol. The second-order valence-electron chi connectivity index (χ2n) is 5.11. The lowest BCUT2D eigenvalue weighted by Crippen LogP contribution is -2.03. The molecule has 0 aliphatic carbocycles. The lowest BCUT2D eigenvalue weighted by atomic mass is 10.2. The molecule has 0 amide bonds. The second-order valence-corrected chi connectivity index (χ2v) is 5.11. The summed E-state index contributed by atoms with van der Waals surface area (Å²) in [7, 11) is 0. The number of nitrogens with one attached hydrogen (secondary N) is 1. The van der Waals surface area contributed by atoms with Gasteiger partial charge in [-0.3, -0.25) is 4.98 Å². The first-order valence-electron chi connectivity index (χ1n) is 7.10. The Labute approximate surface area is 127 Å². The quantitative estimate of drug-likeness (QED) is 0.623. The van der Waals surface area contributed by atoms with Crippen LogP contribution in [0.15, 0.2) is 53.2 Å². The average molecular weight is 290 g/mol. The fraction of sp³-hybridized carbons (Fsp3) is 0.118. The Morgan fingerprint density at radius 3 is 2.86 bits per heavy atom. The van der Waals surface area contributed by atoms with E-state index in [1.807, 2.05) is 49.5 Å². The molecule has 0 bridgehead atoms. The van der Waals surface area contributed by atoms with Crippen molar-refractivity contribution >= 4 is 27.9 Å². The highest BCUT2D eigenvalue weighted by atomic mass is 16.3. The van der Waals surface area contributed by atoms with Gasteiger partial charge in [-0.2, -0.15) is 0 Å². The topological polar surface area (TPSA) is 63.8 Å². The number of fused-ring (bicyclic) bond motifs is 3. The van der Waals surface area contributed by atoms with Crippen LogP contribution >= 0.6 is 0 Å². The predicted octanol–water partition coefficient (Wildman–Crippen LogP) is 3.69. The highest BCUT2D eigenvalue weighted by molar-refractivity contribution is 6.05. The summed E-state index contributed by atoms with van der Waals surface area (Å²) in [6.07, 6.45) is 3.59. The Balaban J connectivity index is 1.79. The van der Waals surface area contributed by atoms with Crippen molar-refractivity contribution in [3.05, 3.63) is 60.2 Å². The van der Waals surface area contributed by atoms with Crippen LogP contribution in [0.3, 0.4) is 0 Å². The summed E-state index contributed by atoms with van der Waals surface area (Å²) in [4.78, 5) is 13.1. The zero-order chi connectivity index (χ0) is 14.9. The van der Waals surface area contributed by atoms with Crippen LogP contribution < -0.4 is 5.32 Å². The third-order valence-corrected chi connectivity index (χ3v) is 3.51. The molecule has 0 atom stereocenters. The summed E-state index contributed by atoms with van der Waals surface area (Å²) in [5.74, 6) is 1.43. The summed E-state index contributed by atoms with van der Waals surface area (Å²) in [5, 5.41) is 4.33. The van der Waals surface area contributed by atoms with Gasteiger partial charge in [-0.1, -0.05) is 18.2 Å². The van der Waals surface area contributed by atoms with Gasteiger partial charge in [0.25, 0.3) is 0 Å². The summed E-state index contributed by atoms with van der Waals surface area (Å²) in [5.41, 5.74) is 3.44. The summed E-state index contributed by atoms with van der Waals surface area (Å²) in [6.45, 7) is 2.52. The number of hydrogen-bond donors (Lipinski definition) is 1. The molecular weight excluding hydrogens is 276 g/mol. The van der Waals surface area contributed by atoms with Crippen molar-refractivity contribution in [2.45, 2.75) is 13.5 Å². The minimum Gasteiger partial charge on any atom is -0.450 e. The first kappa shape index (κ1) is 12.8. The molecule has 0 saturated carbocycles. The molecule has 4 aromatic rings. The van der Waals surface area contributed by atoms with Gasteiger partial charge in [0.15, 0.2) is 11.4 Å². The SMILES string of the molecule is Cc1nc(NCc2cccnc2)c2oc3ccccc3c2n1. The minimum absolute atomic E-state index is 0.635. The number of benzene rings is 1. The van der Waals surface area contributed by atoms with E-state index in [9.17, 15) is 0 Å². The van der Waals surface area contributed by atoms with Crippen molar-refractivity contribution < 1.29 is 4.42 Å². The van der Waals surface area contributed by atoms with E-state index >= 15 is 0 Å². The molecular formula is C17H14N4O. The first-order chi connectivity index (χ1) is 10.8. The second kappa shape index (κ2) is 5.11. The fourth-order valence-corrected chi connectivity index (χ4v) is 2.51. The van der Waals surface area contributed by atoms with Crippen molar-refractivity contribution in [1.29, 1.82) is 0 Å². The fourth-order valence-electron chi connectivity index (χ4n) is 2.51. The minimum atomic E-state index is 0.635. The molecule has 5 nitrogen and oxygen atoms in total. The number of anilines is 1. The highest BCUT2D eigenvalue weighted by Crippen LogP contribution is 2.31. The molecule has 3 aromatic heterocycles. The maximum Gasteiger partial charge on any atom is 0.196 e. The van der Waals surface area contributed by atoms with E-state index in [1.165, 1.54) is 0 Å². The van der Waals surface area contributed by atoms with Crippen LogP contribution in [0.4, 0.5) is 5.82 Å². The summed E-state index contributed by atoms with van der Waals surface area (Å²) >= 11 is 0. The largest absolute Gasteiger partial charge is 0.450 e. The molecule has 108 valence electrons. The Morgan fingerprint density at radius 2 is 2.00 bits per heavy atom. The highest BCUT2D eigenvalue weighted by Gasteiger charge is 2.14. The van der Waals surface area contributed by atoms with Crippen LogP contribution in [0.1, 0.15) is 11.4 Å². The average Bonchev–Trinajstić information content (AvgIpc) is 2.92. The Kier molecular flexibility index (Phi) is 2.96. The number of aryl methyl sites for hydroxylation is 1. The normalized spacial score (nSPS) is 11.1. The molecule has 22 heavy (non-hydrogen) atoms. The maximum atomic E-state index is 5.92. The van der Waals surface area contributed by atoms with Gasteiger partial charge in [0.1, 0.15) is 16.9 Å². The van der Waals surface area contributed by atoms with Crippen molar-refractivity contribution in [2.24, 2.45) is 0 Å². The van der Waals surface area contributed by atoms with Gasteiger partial charge in [-0.15, -0.1) is 0 Å². The predicted molar refractivity (Wildman–Crippen MR) is 85.6 cm³/mol. The molecule has 1 aromatic carbocycles. The van der Waals surface area contributed by atoms with E-state index in [4.69, 9.17) is 4.42 Å². The Hall–Kier alpha value is -2.95. The molecule has 0 aliphatic heterocycles. The van der Waals surface area contributed by atoms with Crippen LogP contribution in [0.5, 0.6) is 0 Å². The van der Waals surface area contributed by atoms with Crippen LogP contribution in [0, 0.1) is 6.92 Å². The van der Waals surface area contributed by atoms with Gasteiger partial charge < -0.3 is 9.73 Å². The third kappa shape index (κ3) is 2.16. The number of hydrogen-bond acceptors (Lipinski definition) is 5. The lowest BCUT2D eigenvalue weighted by Gasteiger charge is -2.06. The summed E-state index contributed by atoms with van der Waals surface area (Å²) in [6, 6.07) is 11.8. The van der Waals surface area contributed by atoms with E-state index in [1.54, 1.807) is 6.20 Å². The smallest absolute Gasteiger partial charge is 0.196 e. The number of para-hydroxylation sites is 1. The molecule has 0 unspecified atom stereocenters. The molecule has 3 heterocycles. The van der Waals surface area contributed by atoms with E-state index in [2.05, 4.69) is 20.3 Å². The third-order valence-electron chi connectivity index (χ3n) is 3.51. The molecule has 0 aliphatic rings. The van der Waals surface area contributed by atoms with Crippen molar-refractivity contribution in [2.75, 3.05) is 5.32 Å². The zero-order valence-electron chi connectivity index (χ0n) is 12.1. The van der Waals surface area contributed by atoms with Gasteiger partial charge >= 0.3 is 0 Å². The van der Waals surface area contributed by atoms with Gasteiger partial charge in [0, 0.05) is 24.3 Å². The van der Waals surface area contributed by atoms with Gasteiger partial charge in [-0.25, -0.2) is 9.97 Å². The Bertz CT molecular complexity index is 947. The van der Waals surface area contributed by atoms with E-state index in [0.29, 0.717) is 23.8 Å². The van der Waals surface area contributed by atoms with Crippen molar-refractivity contribution in [3.8, 4) is 0 Å². The van der Waals surface area contributed by atoms with E-state index in [0.717, 1.165) is 22.0 Å². The van der Waals surface area contributed by atoms with Crippen LogP contribution in [0.25, 0.3) is 22.1 Å². The van der Waals surface area contributed by atoms with Crippen molar-refractivity contribution in [1.82, 2.24) is 15.0 Å². The molecule has 4 rings (SSSR count). The number of pyridine rings is 1. The molecule has 0 spiro atoms. The van der Waals surface area contributed by atoms with E-state index < -0.39 is 0 Å². The van der Waals surface area contributed by atoms with Gasteiger partial charge in [0.2, 0.25) is 0 Å². The molecule has 1 N–H and O–H groups in total. The van der Waals surface area contributed by atoms with Gasteiger partial charge in [-0.05, 0) is 30.7 Å². The molecule has 0 saturated heterocycles. The van der Waals surface area contributed by atoms with Crippen LogP contribution in [0.2, 0.25) is 0 Å². The van der Waals surface area contributed by atoms with E-state index in [-0.39, 0.29) is 0 Å². The number of aromatic nitrogens is 3. The first-order valence-corrected chi connectivity index (χ1v) is 7.10. The standard InChI is InChI=1S/C17H14N4O/c1-11-20-15-13-6-2-3-7-14(13)22-16(15)17(21-11)19-10-12-5-4-8-18-9-12/h2-9H,10H2,1H3,(H,19,20,21). The molecule has 0 fully saturated rings. The van der Waals surface area contributed by atoms with Crippen molar-refractivity contribution in [3.63, 3.8) is 0 Å². The molecule has 5 heteroatoms. The number of rotatable bonds is 3. The zero-order valence-corrected chi connectivity index (χ0v) is 12.1. The molecule has 0 radical (unpaired) electrons. The number of furan rings is 1. The lowest BCUT2D eigenvalue weighted by molar-refractivity contribution is 0.666. The summed E-state index contributed by atoms with van der Waals surface area (Å²) < 4.78 is 5.92. The Morgan fingerprint density at radius 1 is 1.09 bits per heavy atom. The maximum absolute atomic E-state index is 5.92.